The summed E-state index contributed by atoms with van der Waals surface area (Å²) in [5.74, 6) is -3.25. The van der Waals surface area contributed by atoms with Crippen molar-refractivity contribution in [3.63, 3.8) is 0 Å². The van der Waals surface area contributed by atoms with Crippen molar-refractivity contribution >= 4 is 24.1 Å². The first-order chi connectivity index (χ1) is 9.72. The maximum atomic E-state index is 11.8. The van der Waals surface area contributed by atoms with E-state index in [-0.39, 0.29) is 6.29 Å². The molecular formula is C11H19N3O7. The topological polar surface area (TPSA) is 179 Å². The molecule has 0 aliphatic rings. The van der Waals surface area contributed by atoms with Gasteiger partial charge in [0.15, 0.2) is 0 Å². The van der Waals surface area contributed by atoms with Crippen molar-refractivity contribution in [2.75, 3.05) is 6.61 Å². The molecule has 0 fully saturated rings. The third-order valence-electron chi connectivity index (χ3n) is 2.52. The van der Waals surface area contributed by atoms with Crippen molar-refractivity contribution in [1.29, 1.82) is 0 Å². The first-order valence-corrected chi connectivity index (χ1v) is 6.05. The van der Waals surface area contributed by atoms with Crippen molar-refractivity contribution in [2.24, 2.45) is 5.73 Å². The Kier molecular flexibility index (Phi) is 8.12. The number of aldehydes is 1. The zero-order chi connectivity index (χ0) is 16.6. The number of amides is 2. The quantitative estimate of drug-likeness (QED) is 0.236. The van der Waals surface area contributed by atoms with Crippen LogP contribution < -0.4 is 16.4 Å². The number of aliphatic hydroxyl groups excluding tert-OH is 2. The predicted molar refractivity (Wildman–Crippen MR) is 68.9 cm³/mol. The van der Waals surface area contributed by atoms with Crippen molar-refractivity contribution in [2.45, 2.75) is 37.6 Å². The van der Waals surface area contributed by atoms with Crippen LogP contribution in [-0.2, 0) is 19.2 Å². The highest BCUT2D eigenvalue weighted by Gasteiger charge is 2.28. The first-order valence-electron chi connectivity index (χ1n) is 6.05. The minimum absolute atomic E-state index is 0.263. The lowest BCUT2D eigenvalue weighted by molar-refractivity contribution is -0.141. The van der Waals surface area contributed by atoms with Gasteiger partial charge in [0, 0.05) is 0 Å². The van der Waals surface area contributed by atoms with E-state index in [9.17, 15) is 19.2 Å². The number of carboxylic acids is 1. The van der Waals surface area contributed by atoms with Crippen LogP contribution in [-0.4, -0.2) is 70.2 Å². The molecule has 4 atom stereocenters. The summed E-state index contributed by atoms with van der Waals surface area (Å²) in [6.45, 7) is 0.584. The number of nitrogens with one attached hydrogen (secondary N) is 2. The van der Waals surface area contributed by atoms with Gasteiger partial charge in [0.05, 0.1) is 19.1 Å². The second-order valence-corrected chi connectivity index (χ2v) is 4.36. The molecule has 21 heavy (non-hydrogen) atoms. The third-order valence-corrected chi connectivity index (χ3v) is 2.52. The van der Waals surface area contributed by atoms with Crippen LogP contribution in [0.5, 0.6) is 0 Å². The van der Waals surface area contributed by atoms with E-state index in [1.54, 1.807) is 0 Å². The van der Waals surface area contributed by atoms with Gasteiger partial charge >= 0.3 is 5.97 Å². The zero-order valence-corrected chi connectivity index (χ0v) is 11.4. The molecule has 0 radical (unpaired) electrons. The van der Waals surface area contributed by atoms with Crippen molar-refractivity contribution in [1.82, 2.24) is 10.6 Å². The molecule has 7 N–H and O–H groups in total. The Balaban J connectivity index is 4.86. The lowest BCUT2D eigenvalue weighted by Gasteiger charge is -2.21. The SMILES string of the molecule is C[C@@H](O)[C@H](N)C(=O)N[C@@H](CC(=O)O)C(=O)N[C@H](C=O)CO. The molecule has 0 aromatic heterocycles. The zero-order valence-electron chi connectivity index (χ0n) is 11.4. The van der Waals surface area contributed by atoms with E-state index in [1.807, 2.05) is 0 Å². The molecule has 0 aromatic rings. The van der Waals surface area contributed by atoms with E-state index < -0.39 is 55.0 Å². The summed E-state index contributed by atoms with van der Waals surface area (Å²) in [6.07, 6.45) is -1.68. The average molecular weight is 305 g/mol. The molecule has 2 amide bonds. The number of carboxylic acid groups (broad SMARTS) is 1. The number of hydrogen-bond donors (Lipinski definition) is 6. The largest absolute Gasteiger partial charge is 0.481 e. The number of rotatable bonds is 9. The lowest BCUT2D eigenvalue weighted by atomic mass is 10.1. The highest BCUT2D eigenvalue weighted by molar-refractivity contribution is 5.93. The summed E-state index contributed by atoms with van der Waals surface area (Å²) in [5.41, 5.74) is 5.36. The Morgan fingerprint density at radius 2 is 1.81 bits per heavy atom. The summed E-state index contributed by atoms with van der Waals surface area (Å²) in [6, 6.07) is -4.04. The van der Waals surface area contributed by atoms with Gasteiger partial charge in [-0.05, 0) is 6.92 Å². The van der Waals surface area contributed by atoms with Crippen LogP contribution in [0.3, 0.4) is 0 Å². The summed E-state index contributed by atoms with van der Waals surface area (Å²) in [5, 5.41) is 30.8. The molecule has 0 rings (SSSR count). The number of aliphatic carboxylic acids is 1. The Hall–Kier alpha value is -2.04. The predicted octanol–water partition coefficient (Wildman–Crippen LogP) is -3.67. The fourth-order valence-corrected chi connectivity index (χ4v) is 1.28. The fourth-order valence-electron chi connectivity index (χ4n) is 1.28. The lowest BCUT2D eigenvalue weighted by Crippen LogP contribution is -2.56. The molecular weight excluding hydrogens is 286 g/mol. The second-order valence-electron chi connectivity index (χ2n) is 4.36. The van der Waals surface area contributed by atoms with Gasteiger partial charge in [-0.3, -0.25) is 14.4 Å². The normalized spacial score (nSPS) is 16.2. The standard InChI is InChI=1S/C11H19N3O7/c1-5(17)9(12)11(21)14-7(2-8(18)19)10(20)13-6(3-15)4-16/h3,5-7,9,16-17H,2,4,12H2,1H3,(H,13,20)(H,14,21)(H,18,19)/t5-,6-,7+,9+/m1/s1. The number of carbonyl (C=O) groups excluding carboxylic acids is 3. The van der Waals surface area contributed by atoms with Crippen LogP contribution in [0, 0.1) is 0 Å². The molecule has 0 bridgehead atoms. The maximum absolute atomic E-state index is 11.8. The minimum Gasteiger partial charge on any atom is -0.481 e. The van der Waals surface area contributed by atoms with Crippen LogP contribution in [0.25, 0.3) is 0 Å². The van der Waals surface area contributed by atoms with Gasteiger partial charge in [-0.15, -0.1) is 0 Å². The van der Waals surface area contributed by atoms with E-state index >= 15 is 0 Å². The molecule has 10 heteroatoms. The van der Waals surface area contributed by atoms with Crippen molar-refractivity contribution < 1.29 is 34.5 Å². The molecule has 0 saturated carbocycles. The minimum atomic E-state index is -1.49. The van der Waals surface area contributed by atoms with Gasteiger partial charge in [-0.25, -0.2) is 0 Å². The molecule has 0 unspecified atom stereocenters. The number of nitrogens with two attached hydrogens (primary N) is 1. The molecule has 0 aliphatic heterocycles. The molecule has 120 valence electrons. The molecule has 0 aromatic carbocycles. The maximum Gasteiger partial charge on any atom is 0.305 e. The van der Waals surface area contributed by atoms with Gasteiger partial charge in [0.1, 0.15) is 24.4 Å². The van der Waals surface area contributed by atoms with E-state index in [2.05, 4.69) is 10.6 Å². The Morgan fingerprint density at radius 3 is 2.19 bits per heavy atom. The highest BCUT2D eigenvalue weighted by atomic mass is 16.4. The van der Waals surface area contributed by atoms with E-state index in [0.29, 0.717) is 0 Å². The Labute approximate surface area is 120 Å². The number of carbonyl (C=O) groups is 4. The van der Waals surface area contributed by atoms with E-state index in [0.717, 1.165) is 0 Å². The van der Waals surface area contributed by atoms with Gasteiger partial charge < -0.3 is 36.5 Å². The molecule has 10 nitrogen and oxygen atoms in total. The molecule has 0 saturated heterocycles. The van der Waals surface area contributed by atoms with Gasteiger partial charge in [0.25, 0.3) is 0 Å². The van der Waals surface area contributed by atoms with Gasteiger partial charge in [-0.2, -0.15) is 0 Å². The van der Waals surface area contributed by atoms with Crippen molar-refractivity contribution in [3.05, 3.63) is 0 Å². The fraction of sp³-hybridized carbons (Fsp3) is 0.636. The number of aliphatic hydroxyl groups is 2. The van der Waals surface area contributed by atoms with E-state index in [1.165, 1.54) is 6.92 Å². The van der Waals surface area contributed by atoms with Crippen LogP contribution in [0.4, 0.5) is 0 Å². The van der Waals surface area contributed by atoms with Crippen LogP contribution in [0.2, 0.25) is 0 Å². The van der Waals surface area contributed by atoms with Crippen LogP contribution >= 0.6 is 0 Å². The molecule has 0 spiro atoms. The molecule has 0 heterocycles. The Bertz CT molecular complexity index is 399. The monoisotopic (exact) mass is 305 g/mol. The second kappa shape index (κ2) is 9.00. The van der Waals surface area contributed by atoms with E-state index in [4.69, 9.17) is 21.1 Å². The number of hydrogen-bond acceptors (Lipinski definition) is 7. The summed E-state index contributed by atoms with van der Waals surface area (Å²) in [4.78, 5) is 44.6. The van der Waals surface area contributed by atoms with Crippen molar-refractivity contribution in [3.8, 4) is 0 Å². The van der Waals surface area contributed by atoms with Crippen LogP contribution in [0.1, 0.15) is 13.3 Å². The Morgan fingerprint density at radius 1 is 1.24 bits per heavy atom. The summed E-state index contributed by atoms with van der Waals surface area (Å²) >= 11 is 0. The summed E-state index contributed by atoms with van der Waals surface area (Å²) < 4.78 is 0. The highest BCUT2D eigenvalue weighted by Crippen LogP contribution is 1.97. The third kappa shape index (κ3) is 6.79. The van der Waals surface area contributed by atoms with Crippen LogP contribution in [0.15, 0.2) is 0 Å². The van der Waals surface area contributed by atoms with Gasteiger partial charge in [0.2, 0.25) is 11.8 Å². The molecule has 0 aliphatic carbocycles. The smallest absolute Gasteiger partial charge is 0.305 e. The first kappa shape index (κ1) is 19.0. The van der Waals surface area contributed by atoms with Gasteiger partial charge in [-0.1, -0.05) is 0 Å². The summed E-state index contributed by atoms with van der Waals surface area (Å²) in [7, 11) is 0. The average Bonchev–Trinajstić information content (AvgIpc) is 2.41.